The Morgan fingerprint density at radius 1 is 1.33 bits per heavy atom. The molecule has 0 saturated carbocycles. The van der Waals surface area contributed by atoms with E-state index < -0.39 is 0 Å². The molecule has 0 aliphatic carbocycles. The molecule has 0 amide bonds. The fraction of sp³-hybridized carbons (Fsp3) is 0.643. The Hall–Kier alpha value is -0.970. The number of hydrogen-bond donors (Lipinski definition) is 1. The van der Waals surface area contributed by atoms with Crippen molar-refractivity contribution in [3.63, 3.8) is 0 Å². The summed E-state index contributed by atoms with van der Waals surface area (Å²) in [6, 6.07) is 6.68. The normalized spacial score (nSPS) is 25.4. The zero-order valence-electron chi connectivity index (χ0n) is 10.9. The fourth-order valence-corrected chi connectivity index (χ4v) is 3.00. The third-order valence-corrected chi connectivity index (χ3v) is 4.39. The summed E-state index contributed by atoms with van der Waals surface area (Å²) in [6.07, 6.45) is 1.89. The first-order valence-electron chi connectivity index (χ1n) is 6.77. The van der Waals surface area contributed by atoms with Crippen LogP contribution in [0, 0.1) is 0 Å². The van der Waals surface area contributed by atoms with E-state index in [0.717, 1.165) is 39.4 Å². The molecule has 4 heteroatoms. The maximum atomic E-state index is 5.52. The van der Waals surface area contributed by atoms with Gasteiger partial charge in [-0.2, -0.15) is 0 Å². The first-order chi connectivity index (χ1) is 8.83. The van der Waals surface area contributed by atoms with Crippen LogP contribution in [0.25, 0.3) is 0 Å². The molecule has 1 unspecified atom stereocenters. The molecule has 3 heterocycles. The second kappa shape index (κ2) is 4.96. The zero-order valence-corrected chi connectivity index (χ0v) is 10.9. The number of aromatic nitrogens is 1. The van der Waals surface area contributed by atoms with Crippen molar-refractivity contribution in [3.8, 4) is 0 Å². The number of pyridine rings is 1. The molecule has 2 fully saturated rings. The Balaban J connectivity index is 1.82. The van der Waals surface area contributed by atoms with Crippen LogP contribution in [0.4, 0.5) is 0 Å². The van der Waals surface area contributed by atoms with Crippen LogP contribution >= 0.6 is 0 Å². The fourth-order valence-electron chi connectivity index (χ4n) is 3.00. The Morgan fingerprint density at radius 3 is 2.67 bits per heavy atom. The zero-order chi connectivity index (χ0) is 12.4. The van der Waals surface area contributed by atoms with Gasteiger partial charge in [-0.15, -0.1) is 0 Å². The van der Waals surface area contributed by atoms with E-state index in [4.69, 9.17) is 4.74 Å². The van der Waals surface area contributed by atoms with Gasteiger partial charge in [0.05, 0.1) is 24.3 Å². The monoisotopic (exact) mass is 247 g/mol. The van der Waals surface area contributed by atoms with Gasteiger partial charge in [-0.1, -0.05) is 6.07 Å². The van der Waals surface area contributed by atoms with E-state index in [2.05, 4.69) is 34.3 Å². The van der Waals surface area contributed by atoms with Crippen molar-refractivity contribution in [2.75, 3.05) is 39.4 Å². The summed E-state index contributed by atoms with van der Waals surface area (Å²) in [7, 11) is 0. The maximum absolute atomic E-state index is 5.52. The smallest absolute Gasteiger partial charge is 0.0744 e. The molecular weight excluding hydrogens is 226 g/mol. The van der Waals surface area contributed by atoms with Crippen molar-refractivity contribution in [1.82, 2.24) is 15.2 Å². The standard InChI is InChI=1S/C14H21N3O/c1-12(17-8-6-15-7-9-17)14(10-18-11-14)13-4-2-3-5-16-13/h2-5,12,15H,6-11H2,1H3. The van der Waals surface area contributed by atoms with Gasteiger partial charge in [0.1, 0.15) is 0 Å². The lowest BCUT2D eigenvalue weighted by atomic mass is 9.75. The summed E-state index contributed by atoms with van der Waals surface area (Å²) in [6.45, 7) is 8.34. The maximum Gasteiger partial charge on any atom is 0.0744 e. The lowest BCUT2D eigenvalue weighted by molar-refractivity contribution is -0.102. The van der Waals surface area contributed by atoms with E-state index in [0.29, 0.717) is 6.04 Å². The van der Waals surface area contributed by atoms with Gasteiger partial charge >= 0.3 is 0 Å². The van der Waals surface area contributed by atoms with Crippen molar-refractivity contribution in [1.29, 1.82) is 0 Å². The van der Waals surface area contributed by atoms with Crippen molar-refractivity contribution in [2.24, 2.45) is 0 Å². The van der Waals surface area contributed by atoms with Crippen molar-refractivity contribution >= 4 is 0 Å². The van der Waals surface area contributed by atoms with Gasteiger partial charge in [0.25, 0.3) is 0 Å². The van der Waals surface area contributed by atoms with Gasteiger partial charge in [-0.3, -0.25) is 9.88 Å². The van der Waals surface area contributed by atoms with Crippen LogP contribution in [0.15, 0.2) is 24.4 Å². The second-order valence-electron chi connectivity index (χ2n) is 5.33. The molecule has 0 bridgehead atoms. The van der Waals surface area contributed by atoms with E-state index >= 15 is 0 Å². The predicted molar refractivity (Wildman–Crippen MR) is 70.6 cm³/mol. The SMILES string of the molecule is CC(N1CCNCC1)C1(c2ccccn2)COC1. The lowest BCUT2D eigenvalue weighted by Crippen LogP contribution is -2.63. The minimum absolute atomic E-state index is 0.0958. The third-order valence-electron chi connectivity index (χ3n) is 4.39. The molecule has 1 aromatic heterocycles. The molecule has 98 valence electrons. The molecule has 2 aliphatic rings. The van der Waals surface area contributed by atoms with Crippen molar-refractivity contribution in [3.05, 3.63) is 30.1 Å². The Morgan fingerprint density at radius 2 is 2.11 bits per heavy atom. The molecule has 1 atom stereocenters. The van der Waals surface area contributed by atoms with Crippen LogP contribution in [0.3, 0.4) is 0 Å². The van der Waals surface area contributed by atoms with E-state index in [1.54, 1.807) is 0 Å². The number of nitrogens with zero attached hydrogens (tertiary/aromatic N) is 2. The molecule has 1 N–H and O–H groups in total. The minimum Gasteiger partial charge on any atom is -0.379 e. The van der Waals surface area contributed by atoms with Gasteiger partial charge in [0.15, 0.2) is 0 Å². The number of nitrogens with one attached hydrogen (secondary N) is 1. The highest BCUT2D eigenvalue weighted by Gasteiger charge is 2.48. The average Bonchev–Trinajstić information content (AvgIpc) is 2.40. The highest BCUT2D eigenvalue weighted by Crippen LogP contribution is 2.37. The van der Waals surface area contributed by atoms with Crippen LogP contribution < -0.4 is 5.32 Å². The van der Waals surface area contributed by atoms with Crippen molar-refractivity contribution in [2.45, 2.75) is 18.4 Å². The summed E-state index contributed by atoms with van der Waals surface area (Å²) < 4.78 is 5.52. The van der Waals surface area contributed by atoms with Gasteiger partial charge < -0.3 is 10.1 Å². The Kier molecular flexibility index (Phi) is 3.33. The number of rotatable bonds is 3. The van der Waals surface area contributed by atoms with Crippen molar-refractivity contribution < 1.29 is 4.74 Å². The topological polar surface area (TPSA) is 37.4 Å². The molecule has 0 aromatic carbocycles. The number of piperazine rings is 1. The van der Waals surface area contributed by atoms with E-state index in [1.807, 2.05) is 12.3 Å². The predicted octanol–water partition coefficient (Wildman–Crippen LogP) is 0.643. The van der Waals surface area contributed by atoms with Gasteiger partial charge in [0.2, 0.25) is 0 Å². The summed E-state index contributed by atoms with van der Waals surface area (Å²) >= 11 is 0. The number of ether oxygens (including phenoxy) is 1. The van der Waals surface area contributed by atoms with E-state index in [-0.39, 0.29) is 5.41 Å². The molecule has 2 saturated heterocycles. The van der Waals surface area contributed by atoms with Gasteiger partial charge in [-0.25, -0.2) is 0 Å². The molecule has 1 aromatic rings. The summed E-state index contributed by atoms with van der Waals surface area (Å²) in [5, 5.41) is 3.41. The molecule has 18 heavy (non-hydrogen) atoms. The second-order valence-corrected chi connectivity index (χ2v) is 5.33. The highest BCUT2D eigenvalue weighted by molar-refractivity contribution is 5.24. The molecule has 0 radical (unpaired) electrons. The molecule has 2 aliphatic heterocycles. The third kappa shape index (κ3) is 1.94. The van der Waals surface area contributed by atoms with Crippen LogP contribution in [0.2, 0.25) is 0 Å². The minimum atomic E-state index is 0.0958. The molecular formula is C14H21N3O. The van der Waals surface area contributed by atoms with E-state index in [1.165, 1.54) is 5.69 Å². The first kappa shape index (κ1) is 12.1. The number of hydrogen-bond acceptors (Lipinski definition) is 4. The Bertz CT molecular complexity index is 385. The highest BCUT2D eigenvalue weighted by atomic mass is 16.5. The van der Waals surface area contributed by atoms with E-state index in [9.17, 15) is 0 Å². The largest absolute Gasteiger partial charge is 0.379 e. The molecule has 0 spiro atoms. The first-order valence-corrected chi connectivity index (χ1v) is 6.77. The molecule has 4 nitrogen and oxygen atoms in total. The molecule has 3 rings (SSSR count). The van der Waals surface area contributed by atoms with Gasteiger partial charge in [-0.05, 0) is 19.1 Å². The Labute approximate surface area is 108 Å². The summed E-state index contributed by atoms with van der Waals surface area (Å²) in [4.78, 5) is 7.13. The van der Waals surface area contributed by atoms with Crippen LogP contribution in [-0.2, 0) is 10.2 Å². The average molecular weight is 247 g/mol. The quantitative estimate of drug-likeness (QED) is 0.851. The lowest BCUT2D eigenvalue weighted by Gasteiger charge is -2.50. The van der Waals surface area contributed by atoms with Crippen LogP contribution in [-0.4, -0.2) is 55.3 Å². The van der Waals surface area contributed by atoms with Crippen LogP contribution in [0.1, 0.15) is 12.6 Å². The summed E-state index contributed by atoms with van der Waals surface area (Å²) in [5.41, 5.74) is 1.28. The van der Waals surface area contributed by atoms with Gasteiger partial charge in [0, 0.05) is 38.4 Å². The summed E-state index contributed by atoms with van der Waals surface area (Å²) in [5.74, 6) is 0. The van der Waals surface area contributed by atoms with Crippen LogP contribution in [0.5, 0.6) is 0 Å².